The number of H-pyrrole nitrogens is 1. The number of carbonyl (C=O) groups excluding carboxylic acids is 2. The van der Waals surface area contributed by atoms with E-state index in [0.29, 0.717) is 6.42 Å². The number of hydrogen-bond acceptors (Lipinski definition) is 3. The smallest absolute Gasteiger partial charge is 0.408 e. The van der Waals surface area contributed by atoms with Crippen LogP contribution in [0.4, 0.5) is 4.79 Å². The second-order valence-electron chi connectivity index (χ2n) is 5.94. The first-order valence-electron chi connectivity index (χ1n) is 8.41. The maximum Gasteiger partial charge on any atom is 0.408 e. The molecule has 1 heterocycles. The van der Waals surface area contributed by atoms with Crippen LogP contribution in [-0.2, 0) is 22.6 Å². The standard InChI is InChI=1S/C20H21N3O3/c1-21-19(24)18(11-15-12-22-17-10-6-5-9-16(15)17)23-20(25)26-13-14-7-3-2-4-8-14/h2-10,12,18,22H,11,13H2,1H3,(H,21,24)(H,23,25)/t18-/m0/s1. The summed E-state index contributed by atoms with van der Waals surface area (Å²) in [6, 6.07) is 16.5. The van der Waals surface area contributed by atoms with E-state index in [4.69, 9.17) is 4.74 Å². The van der Waals surface area contributed by atoms with E-state index < -0.39 is 12.1 Å². The summed E-state index contributed by atoms with van der Waals surface area (Å²) >= 11 is 0. The summed E-state index contributed by atoms with van der Waals surface area (Å²) in [6.45, 7) is 0.153. The number of fused-ring (bicyclic) bond motifs is 1. The van der Waals surface area contributed by atoms with Crippen LogP contribution in [0.2, 0.25) is 0 Å². The number of likely N-dealkylation sites (N-methyl/N-ethyl adjacent to an activating group) is 1. The summed E-state index contributed by atoms with van der Waals surface area (Å²) in [4.78, 5) is 27.5. The zero-order chi connectivity index (χ0) is 18.4. The zero-order valence-corrected chi connectivity index (χ0v) is 14.5. The molecule has 0 saturated carbocycles. The van der Waals surface area contributed by atoms with Crippen molar-refractivity contribution >= 4 is 22.9 Å². The maximum atomic E-state index is 12.2. The number of nitrogens with one attached hydrogen (secondary N) is 3. The summed E-state index contributed by atoms with van der Waals surface area (Å²) in [5, 5.41) is 6.27. The topological polar surface area (TPSA) is 83.2 Å². The van der Waals surface area contributed by atoms with Gasteiger partial charge in [-0.15, -0.1) is 0 Å². The van der Waals surface area contributed by atoms with Crippen LogP contribution in [0.3, 0.4) is 0 Å². The van der Waals surface area contributed by atoms with Gasteiger partial charge in [0.1, 0.15) is 12.6 Å². The molecule has 6 heteroatoms. The van der Waals surface area contributed by atoms with Gasteiger partial charge in [-0.25, -0.2) is 4.79 Å². The van der Waals surface area contributed by atoms with Gasteiger partial charge in [0, 0.05) is 30.6 Å². The Morgan fingerprint density at radius 2 is 1.81 bits per heavy atom. The summed E-state index contributed by atoms with van der Waals surface area (Å²) in [7, 11) is 1.54. The monoisotopic (exact) mass is 351 g/mol. The van der Waals surface area contributed by atoms with Gasteiger partial charge in [-0.1, -0.05) is 48.5 Å². The summed E-state index contributed by atoms with van der Waals surface area (Å²) < 4.78 is 5.22. The number of hydrogen-bond donors (Lipinski definition) is 3. The van der Waals surface area contributed by atoms with Crippen LogP contribution in [0.1, 0.15) is 11.1 Å². The van der Waals surface area contributed by atoms with Crippen LogP contribution in [0, 0.1) is 0 Å². The van der Waals surface area contributed by atoms with Crippen LogP contribution in [-0.4, -0.2) is 30.1 Å². The molecule has 2 aromatic carbocycles. The molecule has 134 valence electrons. The highest BCUT2D eigenvalue weighted by Gasteiger charge is 2.22. The van der Waals surface area contributed by atoms with Gasteiger partial charge in [-0.2, -0.15) is 0 Å². The Morgan fingerprint density at radius 1 is 1.08 bits per heavy atom. The second-order valence-corrected chi connectivity index (χ2v) is 5.94. The van der Waals surface area contributed by atoms with Gasteiger partial charge in [-0.05, 0) is 17.2 Å². The molecule has 0 aliphatic heterocycles. The molecule has 0 radical (unpaired) electrons. The third-order valence-electron chi connectivity index (χ3n) is 4.17. The number of benzene rings is 2. The molecule has 26 heavy (non-hydrogen) atoms. The Bertz CT molecular complexity index is 889. The van der Waals surface area contributed by atoms with Crippen LogP contribution < -0.4 is 10.6 Å². The minimum absolute atomic E-state index is 0.153. The molecule has 2 amide bonds. The van der Waals surface area contributed by atoms with Crippen molar-refractivity contribution in [3.8, 4) is 0 Å². The predicted octanol–water partition coefficient (Wildman–Crippen LogP) is 2.75. The Hall–Kier alpha value is -3.28. The van der Waals surface area contributed by atoms with Crippen LogP contribution >= 0.6 is 0 Å². The van der Waals surface area contributed by atoms with Crippen molar-refractivity contribution in [2.45, 2.75) is 19.1 Å². The second kappa shape index (κ2) is 8.20. The molecule has 1 aromatic heterocycles. The number of rotatable bonds is 6. The SMILES string of the molecule is CNC(=O)[C@H](Cc1c[nH]c2ccccc12)NC(=O)OCc1ccccc1. The lowest BCUT2D eigenvalue weighted by molar-refractivity contribution is -0.122. The first-order valence-corrected chi connectivity index (χ1v) is 8.41. The molecule has 0 aliphatic carbocycles. The third kappa shape index (κ3) is 4.22. The molecule has 0 bridgehead atoms. The van der Waals surface area contributed by atoms with E-state index in [1.807, 2.05) is 60.8 Å². The van der Waals surface area contributed by atoms with E-state index in [1.54, 1.807) is 7.05 Å². The van der Waals surface area contributed by atoms with E-state index >= 15 is 0 Å². The lowest BCUT2D eigenvalue weighted by Gasteiger charge is -2.17. The van der Waals surface area contributed by atoms with Crippen molar-refractivity contribution in [1.82, 2.24) is 15.6 Å². The fraction of sp³-hybridized carbons (Fsp3) is 0.200. The summed E-state index contributed by atoms with van der Waals surface area (Å²) in [6.07, 6.45) is 1.60. The fourth-order valence-electron chi connectivity index (χ4n) is 2.81. The van der Waals surface area contributed by atoms with Crippen molar-refractivity contribution in [1.29, 1.82) is 0 Å². The molecule has 3 N–H and O–H groups in total. The fourth-order valence-corrected chi connectivity index (χ4v) is 2.81. The molecule has 0 fully saturated rings. The summed E-state index contributed by atoms with van der Waals surface area (Å²) in [5.74, 6) is -0.271. The van der Waals surface area contributed by atoms with E-state index in [9.17, 15) is 9.59 Å². The minimum Gasteiger partial charge on any atom is -0.445 e. The van der Waals surface area contributed by atoms with Gasteiger partial charge in [-0.3, -0.25) is 4.79 Å². The van der Waals surface area contributed by atoms with Crippen molar-refractivity contribution in [2.75, 3.05) is 7.05 Å². The highest BCUT2D eigenvalue weighted by molar-refractivity contribution is 5.88. The Kier molecular flexibility index (Phi) is 5.53. The first-order chi connectivity index (χ1) is 12.7. The van der Waals surface area contributed by atoms with E-state index in [1.165, 1.54) is 0 Å². The van der Waals surface area contributed by atoms with Crippen molar-refractivity contribution in [2.24, 2.45) is 0 Å². The van der Waals surface area contributed by atoms with Crippen LogP contribution in [0.15, 0.2) is 60.8 Å². The van der Waals surface area contributed by atoms with E-state index in [0.717, 1.165) is 22.0 Å². The minimum atomic E-state index is -0.720. The van der Waals surface area contributed by atoms with E-state index in [-0.39, 0.29) is 12.5 Å². The Morgan fingerprint density at radius 3 is 2.58 bits per heavy atom. The number of amides is 2. The van der Waals surface area contributed by atoms with Crippen LogP contribution in [0.5, 0.6) is 0 Å². The Labute approximate surface area is 151 Å². The quantitative estimate of drug-likeness (QED) is 0.638. The average Bonchev–Trinajstić information content (AvgIpc) is 3.09. The van der Waals surface area contributed by atoms with Crippen LogP contribution in [0.25, 0.3) is 10.9 Å². The molecule has 0 aliphatic rings. The molecular formula is C20H21N3O3. The molecule has 0 saturated heterocycles. The highest BCUT2D eigenvalue weighted by Crippen LogP contribution is 2.19. The van der Waals surface area contributed by atoms with Crippen molar-refractivity contribution in [3.05, 3.63) is 71.9 Å². The number of aromatic amines is 1. The largest absolute Gasteiger partial charge is 0.445 e. The molecule has 1 atom stereocenters. The number of alkyl carbamates (subject to hydrolysis) is 1. The number of ether oxygens (including phenoxy) is 1. The highest BCUT2D eigenvalue weighted by atomic mass is 16.5. The molecule has 3 rings (SSSR count). The molecular weight excluding hydrogens is 330 g/mol. The third-order valence-corrected chi connectivity index (χ3v) is 4.17. The van der Waals surface area contributed by atoms with Gasteiger partial charge in [0.05, 0.1) is 0 Å². The van der Waals surface area contributed by atoms with Gasteiger partial charge in [0.15, 0.2) is 0 Å². The number of para-hydroxylation sites is 1. The number of aromatic nitrogens is 1. The normalized spacial score (nSPS) is 11.7. The van der Waals surface area contributed by atoms with Gasteiger partial charge >= 0.3 is 6.09 Å². The predicted molar refractivity (Wildman–Crippen MR) is 99.6 cm³/mol. The lowest BCUT2D eigenvalue weighted by Crippen LogP contribution is -2.47. The van der Waals surface area contributed by atoms with Gasteiger partial charge in [0.2, 0.25) is 5.91 Å². The Balaban J connectivity index is 1.66. The van der Waals surface area contributed by atoms with Crippen molar-refractivity contribution < 1.29 is 14.3 Å². The lowest BCUT2D eigenvalue weighted by atomic mass is 10.0. The summed E-state index contributed by atoms with van der Waals surface area (Å²) in [5.41, 5.74) is 2.83. The maximum absolute atomic E-state index is 12.2. The van der Waals surface area contributed by atoms with Crippen molar-refractivity contribution in [3.63, 3.8) is 0 Å². The average molecular weight is 351 g/mol. The molecule has 0 unspecified atom stereocenters. The van der Waals surface area contributed by atoms with E-state index in [2.05, 4.69) is 15.6 Å². The molecule has 0 spiro atoms. The first kappa shape index (κ1) is 17.5. The molecule has 3 aromatic rings. The zero-order valence-electron chi connectivity index (χ0n) is 14.5. The van der Waals surface area contributed by atoms with Gasteiger partial charge < -0.3 is 20.4 Å². The molecule has 6 nitrogen and oxygen atoms in total. The number of carbonyl (C=O) groups is 2. The van der Waals surface area contributed by atoms with Gasteiger partial charge in [0.25, 0.3) is 0 Å².